The van der Waals surface area contributed by atoms with Crippen LogP contribution in [0, 0.1) is 23.7 Å². The van der Waals surface area contributed by atoms with E-state index in [1.54, 1.807) is 15.9 Å². The second kappa shape index (κ2) is 14.9. The molecule has 3 heterocycles. The van der Waals surface area contributed by atoms with Crippen LogP contribution in [0.1, 0.15) is 57.4 Å². The number of benzene rings is 1. The maximum Gasteiger partial charge on any atom is 0.409 e. The number of hydrogen-bond acceptors (Lipinski definition) is 9. The summed E-state index contributed by atoms with van der Waals surface area (Å²) < 4.78 is 10.5. The fourth-order valence-corrected chi connectivity index (χ4v) is 6.41. The van der Waals surface area contributed by atoms with Crippen molar-refractivity contribution >= 4 is 29.7 Å². The molecule has 0 radical (unpaired) electrons. The van der Waals surface area contributed by atoms with Crippen LogP contribution in [0.3, 0.4) is 0 Å². The van der Waals surface area contributed by atoms with Crippen molar-refractivity contribution in [3.05, 3.63) is 42.1 Å². The SMILES string of the molecule is CCCCOC(=O)N1CCN(C(=O)[C@@H](NC(=O)c2cc(N3CC4C(CC(=O)OCC)C4C3)nc(-c3ccccc3)n2)C(C)C)CC1. The van der Waals surface area contributed by atoms with Gasteiger partial charge in [-0.3, -0.25) is 14.4 Å². The zero-order valence-corrected chi connectivity index (χ0v) is 27.3. The highest BCUT2D eigenvalue weighted by molar-refractivity contribution is 5.97. The standard InChI is InChI=1S/C34H46N6O6/c1-5-7-17-46-34(44)39-15-13-38(14-16-39)33(43)30(22(3)4)37-32(42)27-19-28(36-31(35-27)23-11-9-8-10-12-23)40-20-25-24(26(25)21-40)18-29(41)45-6-2/h8-12,19,22,24-26,30H,5-7,13-18,20-21H2,1-4H3,(H,37,42)/t24?,25?,26?,30-/m0/s1. The van der Waals surface area contributed by atoms with Crippen LogP contribution in [0.25, 0.3) is 11.4 Å². The minimum absolute atomic E-state index is 0.151. The van der Waals surface area contributed by atoms with Crippen molar-refractivity contribution in [1.29, 1.82) is 0 Å². The van der Waals surface area contributed by atoms with Crippen molar-refractivity contribution < 1.29 is 28.7 Å². The number of amides is 3. The van der Waals surface area contributed by atoms with Gasteiger partial charge in [-0.15, -0.1) is 0 Å². The molecular formula is C34H46N6O6. The van der Waals surface area contributed by atoms with Gasteiger partial charge in [0.05, 0.1) is 13.2 Å². The monoisotopic (exact) mass is 634 g/mol. The smallest absolute Gasteiger partial charge is 0.409 e. The van der Waals surface area contributed by atoms with Gasteiger partial charge in [-0.2, -0.15) is 0 Å². The predicted molar refractivity (Wildman–Crippen MR) is 172 cm³/mol. The van der Waals surface area contributed by atoms with Crippen molar-refractivity contribution in [2.45, 2.75) is 53.0 Å². The summed E-state index contributed by atoms with van der Waals surface area (Å²) in [6.07, 6.45) is 1.84. The van der Waals surface area contributed by atoms with Crippen molar-refractivity contribution in [3.8, 4) is 11.4 Å². The van der Waals surface area contributed by atoms with E-state index >= 15 is 0 Å². The van der Waals surface area contributed by atoms with Crippen molar-refractivity contribution in [3.63, 3.8) is 0 Å². The number of rotatable bonds is 12. The van der Waals surface area contributed by atoms with Crippen molar-refractivity contribution in [2.75, 3.05) is 57.4 Å². The Hall–Kier alpha value is -4.22. The molecule has 0 spiro atoms. The summed E-state index contributed by atoms with van der Waals surface area (Å²) in [4.78, 5) is 66.7. The lowest BCUT2D eigenvalue weighted by atomic mass is 10.0. The van der Waals surface area contributed by atoms with Gasteiger partial charge in [0.25, 0.3) is 5.91 Å². The third-order valence-electron chi connectivity index (χ3n) is 9.17. The number of piperidine rings is 1. The second-order valence-electron chi connectivity index (χ2n) is 12.7. The fraction of sp³-hybridized carbons (Fsp3) is 0.588. The average molecular weight is 635 g/mol. The Balaban J connectivity index is 1.27. The Kier molecular flexibility index (Phi) is 10.7. The molecule has 0 bridgehead atoms. The van der Waals surface area contributed by atoms with Crippen LogP contribution in [0.5, 0.6) is 0 Å². The van der Waals surface area contributed by atoms with Crippen LogP contribution in [0.2, 0.25) is 0 Å². The van der Waals surface area contributed by atoms with Crippen LogP contribution in [-0.2, 0) is 19.1 Å². The fourth-order valence-electron chi connectivity index (χ4n) is 6.41. The topological polar surface area (TPSA) is 134 Å². The molecule has 12 heteroatoms. The van der Waals surface area contributed by atoms with Crippen molar-refractivity contribution in [2.24, 2.45) is 23.7 Å². The molecule has 1 aromatic heterocycles. The molecule has 46 heavy (non-hydrogen) atoms. The number of ether oxygens (including phenoxy) is 2. The van der Waals surface area contributed by atoms with E-state index in [9.17, 15) is 19.2 Å². The number of carbonyl (C=O) groups is 4. The molecule has 1 N–H and O–H groups in total. The zero-order chi connectivity index (χ0) is 32.8. The number of nitrogens with zero attached hydrogens (tertiary/aromatic N) is 5. The van der Waals surface area contributed by atoms with Crippen LogP contribution in [0.4, 0.5) is 10.6 Å². The molecule has 3 fully saturated rings. The molecule has 1 aliphatic carbocycles. The van der Waals surface area contributed by atoms with E-state index in [1.165, 1.54) is 0 Å². The summed E-state index contributed by atoms with van der Waals surface area (Å²) in [6.45, 7) is 11.4. The van der Waals surface area contributed by atoms with Gasteiger partial charge in [-0.05, 0) is 37.0 Å². The zero-order valence-electron chi connectivity index (χ0n) is 27.3. The normalized spacial score (nSPS) is 21.1. The minimum atomic E-state index is -0.766. The molecule has 3 amide bonds. The minimum Gasteiger partial charge on any atom is -0.466 e. The molecular weight excluding hydrogens is 588 g/mol. The highest BCUT2D eigenvalue weighted by atomic mass is 16.6. The molecule has 3 aliphatic rings. The third kappa shape index (κ3) is 7.76. The van der Waals surface area contributed by atoms with Crippen LogP contribution in [0.15, 0.2) is 36.4 Å². The first kappa shape index (κ1) is 33.2. The maximum absolute atomic E-state index is 13.8. The van der Waals surface area contributed by atoms with E-state index in [-0.39, 0.29) is 29.6 Å². The summed E-state index contributed by atoms with van der Waals surface area (Å²) in [5, 5.41) is 2.96. The molecule has 2 aromatic rings. The van der Waals surface area contributed by atoms with E-state index in [4.69, 9.17) is 14.5 Å². The third-order valence-corrected chi connectivity index (χ3v) is 9.17. The van der Waals surface area contributed by atoms with Gasteiger partial charge in [-0.1, -0.05) is 57.5 Å². The largest absolute Gasteiger partial charge is 0.466 e. The number of hydrogen-bond donors (Lipinski definition) is 1. The first-order valence-electron chi connectivity index (χ1n) is 16.6. The molecule has 1 aromatic carbocycles. The van der Waals surface area contributed by atoms with Gasteiger partial charge in [0.1, 0.15) is 17.6 Å². The number of esters is 1. The molecule has 1 saturated carbocycles. The lowest BCUT2D eigenvalue weighted by Gasteiger charge is -2.36. The Bertz CT molecular complexity index is 1380. The Morgan fingerprint density at radius 2 is 1.61 bits per heavy atom. The highest BCUT2D eigenvalue weighted by Crippen LogP contribution is 2.54. The average Bonchev–Trinajstić information content (AvgIpc) is 3.47. The molecule has 2 aliphatic heterocycles. The summed E-state index contributed by atoms with van der Waals surface area (Å²) in [5.74, 6) is 1.21. The summed E-state index contributed by atoms with van der Waals surface area (Å²) in [5.41, 5.74) is 0.969. The Morgan fingerprint density at radius 1 is 0.935 bits per heavy atom. The number of piperazine rings is 1. The van der Waals surface area contributed by atoms with E-state index in [0.29, 0.717) is 75.2 Å². The second-order valence-corrected chi connectivity index (χ2v) is 12.7. The number of fused-ring (bicyclic) bond motifs is 1. The molecule has 2 saturated heterocycles. The first-order chi connectivity index (χ1) is 22.2. The van der Waals surface area contributed by atoms with Crippen LogP contribution < -0.4 is 10.2 Å². The van der Waals surface area contributed by atoms with Gasteiger partial charge >= 0.3 is 12.1 Å². The number of carbonyl (C=O) groups excluding carboxylic acids is 4. The number of unbranched alkanes of at least 4 members (excludes halogenated alkanes) is 1. The Labute approximate surface area is 270 Å². The predicted octanol–water partition coefficient (Wildman–Crippen LogP) is 3.61. The summed E-state index contributed by atoms with van der Waals surface area (Å²) >= 11 is 0. The van der Waals surface area contributed by atoms with E-state index in [0.717, 1.165) is 31.5 Å². The van der Waals surface area contributed by atoms with Gasteiger partial charge in [0, 0.05) is 57.3 Å². The number of aromatic nitrogens is 2. The molecule has 248 valence electrons. The lowest BCUT2D eigenvalue weighted by molar-refractivity contribution is -0.143. The van der Waals surface area contributed by atoms with E-state index < -0.39 is 11.9 Å². The summed E-state index contributed by atoms with van der Waals surface area (Å²) in [6, 6.07) is 10.4. The lowest BCUT2D eigenvalue weighted by Crippen LogP contribution is -2.57. The van der Waals surface area contributed by atoms with Crippen LogP contribution >= 0.6 is 0 Å². The molecule has 12 nitrogen and oxygen atoms in total. The van der Waals surface area contributed by atoms with Gasteiger partial charge < -0.3 is 29.5 Å². The van der Waals surface area contributed by atoms with Crippen molar-refractivity contribution in [1.82, 2.24) is 25.1 Å². The van der Waals surface area contributed by atoms with Crippen LogP contribution in [-0.4, -0.2) is 102 Å². The molecule has 2 unspecified atom stereocenters. The number of nitrogens with one attached hydrogen (secondary N) is 1. The first-order valence-corrected chi connectivity index (χ1v) is 16.6. The van der Waals surface area contributed by atoms with Gasteiger partial charge in [0.15, 0.2) is 5.82 Å². The molecule has 5 rings (SSSR count). The molecule has 3 atom stereocenters. The number of anilines is 1. The highest BCUT2D eigenvalue weighted by Gasteiger charge is 2.56. The van der Waals surface area contributed by atoms with E-state index in [1.807, 2.05) is 58.0 Å². The van der Waals surface area contributed by atoms with E-state index in [2.05, 4.69) is 15.2 Å². The maximum atomic E-state index is 13.8. The van der Waals surface area contributed by atoms with Gasteiger partial charge in [0.2, 0.25) is 5.91 Å². The quantitative estimate of drug-likeness (QED) is 0.275. The Morgan fingerprint density at radius 3 is 2.24 bits per heavy atom. The van der Waals surface area contributed by atoms with Gasteiger partial charge in [-0.25, -0.2) is 14.8 Å². The summed E-state index contributed by atoms with van der Waals surface area (Å²) in [7, 11) is 0.